The van der Waals surface area contributed by atoms with Crippen molar-refractivity contribution in [3.05, 3.63) is 41.0 Å². The van der Waals surface area contributed by atoms with Crippen LogP contribution in [0.15, 0.2) is 29.8 Å². The van der Waals surface area contributed by atoms with E-state index in [0.717, 1.165) is 36.6 Å². The van der Waals surface area contributed by atoms with E-state index >= 15 is 0 Å². The van der Waals surface area contributed by atoms with Crippen LogP contribution in [0, 0.1) is 13.8 Å². The lowest BCUT2D eigenvalue weighted by atomic mass is 9.97. The van der Waals surface area contributed by atoms with Gasteiger partial charge in [0.2, 0.25) is 15.9 Å². The molecule has 0 aliphatic heterocycles. The van der Waals surface area contributed by atoms with E-state index < -0.39 is 10.0 Å². The van der Waals surface area contributed by atoms with Crippen LogP contribution in [-0.2, 0) is 14.8 Å². The zero-order valence-corrected chi connectivity index (χ0v) is 16.2. The molecular weight excluding hydrogens is 336 g/mol. The van der Waals surface area contributed by atoms with E-state index in [2.05, 4.69) is 11.4 Å². The second-order valence-electron chi connectivity index (χ2n) is 6.82. The number of nitrogens with zero attached hydrogens (tertiary/aromatic N) is 1. The molecule has 2 rings (SSSR count). The molecule has 0 fully saturated rings. The number of hydrogen-bond acceptors (Lipinski definition) is 3. The highest BCUT2D eigenvalue weighted by atomic mass is 32.2. The molecule has 1 aromatic carbocycles. The van der Waals surface area contributed by atoms with Crippen molar-refractivity contribution in [3.8, 4) is 0 Å². The molecule has 1 aromatic rings. The van der Waals surface area contributed by atoms with Crippen LogP contribution >= 0.6 is 0 Å². The quantitative estimate of drug-likeness (QED) is 0.756. The van der Waals surface area contributed by atoms with Gasteiger partial charge in [-0.1, -0.05) is 17.7 Å². The Kier molecular flexibility index (Phi) is 6.64. The predicted octanol–water partition coefficient (Wildman–Crippen LogP) is 3.08. The molecule has 0 saturated heterocycles. The summed E-state index contributed by atoms with van der Waals surface area (Å²) in [4.78, 5) is 12.2. The topological polar surface area (TPSA) is 66.5 Å². The zero-order chi connectivity index (χ0) is 18.4. The van der Waals surface area contributed by atoms with Gasteiger partial charge < -0.3 is 5.32 Å². The Morgan fingerprint density at radius 2 is 1.84 bits per heavy atom. The van der Waals surface area contributed by atoms with Gasteiger partial charge in [-0.2, -0.15) is 0 Å². The molecule has 1 N–H and O–H groups in total. The van der Waals surface area contributed by atoms with Crippen molar-refractivity contribution in [3.63, 3.8) is 0 Å². The van der Waals surface area contributed by atoms with Crippen LogP contribution < -0.4 is 9.62 Å². The summed E-state index contributed by atoms with van der Waals surface area (Å²) in [6, 6.07) is 5.55. The van der Waals surface area contributed by atoms with Gasteiger partial charge in [0.15, 0.2) is 0 Å². The van der Waals surface area contributed by atoms with Gasteiger partial charge in [-0.15, -0.1) is 0 Å². The average Bonchev–Trinajstić information content (AvgIpc) is 2.51. The first-order valence-electron chi connectivity index (χ1n) is 8.76. The average molecular weight is 365 g/mol. The molecule has 1 amide bonds. The molecule has 5 nitrogen and oxygen atoms in total. The number of carbonyl (C=O) groups excluding carboxylic acids is 1. The molecule has 6 heteroatoms. The van der Waals surface area contributed by atoms with Crippen molar-refractivity contribution >= 4 is 21.6 Å². The summed E-state index contributed by atoms with van der Waals surface area (Å²) in [6.07, 6.45) is 8.92. The van der Waals surface area contributed by atoms with Crippen LogP contribution in [0.1, 0.15) is 43.2 Å². The maximum absolute atomic E-state index is 12.2. The van der Waals surface area contributed by atoms with Gasteiger partial charge in [0.25, 0.3) is 0 Å². The maximum atomic E-state index is 12.2. The lowest BCUT2D eigenvalue weighted by Crippen LogP contribution is -2.40. The fraction of sp³-hybridized carbons (Fsp3) is 0.526. The summed E-state index contributed by atoms with van der Waals surface area (Å²) in [5.74, 6) is -0.277. The molecule has 0 saturated carbocycles. The lowest BCUT2D eigenvalue weighted by Gasteiger charge is -2.23. The van der Waals surface area contributed by atoms with Crippen LogP contribution in [0.3, 0.4) is 0 Å². The van der Waals surface area contributed by atoms with Gasteiger partial charge in [-0.05, 0) is 69.2 Å². The number of anilines is 1. The first kappa shape index (κ1) is 19.5. The SMILES string of the molecule is Cc1cc(C)cc(N(CC(=O)NCCC2=CCCCC2)S(C)(=O)=O)c1. The van der Waals surface area contributed by atoms with E-state index in [0.29, 0.717) is 12.2 Å². The molecule has 25 heavy (non-hydrogen) atoms. The maximum Gasteiger partial charge on any atom is 0.240 e. The van der Waals surface area contributed by atoms with Gasteiger partial charge in [0.1, 0.15) is 6.54 Å². The van der Waals surface area contributed by atoms with E-state index in [4.69, 9.17) is 0 Å². The Morgan fingerprint density at radius 3 is 2.40 bits per heavy atom. The van der Waals surface area contributed by atoms with Crippen LogP contribution in [0.2, 0.25) is 0 Å². The second-order valence-corrected chi connectivity index (χ2v) is 8.73. The largest absolute Gasteiger partial charge is 0.354 e. The lowest BCUT2D eigenvalue weighted by molar-refractivity contribution is -0.119. The number of rotatable bonds is 7. The number of nitrogens with one attached hydrogen (secondary N) is 1. The fourth-order valence-corrected chi connectivity index (χ4v) is 4.02. The molecule has 1 aliphatic rings. The van der Waals surface area contributed by atoms with Crippen molar-refractivity contribution in [2.24, 2.45) is 0 Å². The second kappa shape index (κ2) is 8.52. The van der Waals surface area contributed by atoms with Crippen molar-refractivity contribution in [1.82, 2.24) is 5.32 Å². The monoisotopic (exact) mass is 364 g/mol. The third-order valence-corrected chi connectivity index (χ3v) is 5.48. The Balaban J connectivity index is 1.99. The Morgan fingerprint density at radius 1 is 1.16 bits per heavy atom. The zero-order valence-electron chi connectivity index (χ0n) is 15.3. The normalized spacial score (nSPS) is 14.8. The smallest absolute Gasteiger partial charge is 0.240 e. The van der Waals surface area contributed by atoms with Gasteiger partial charge in [0, 0.05) is 6.54 Å². The molecular formula is C19H28N2O3S. The van der Waals surface area contributed by atoms with Gasteiger partial charge in [-0.25, -0.2) is 8.42 Å². The summed E-state index contributed by atoms with van der Waals surface area (Å²) in [5.41, 5.74) is 3.85. The summed E-state index contributed by atoms with van der Waals surface area (Å²) in [6.45, 7) is 4.18. The van der Waals surface area contributed by atoms with Gasteiger partial charge in [0.05, 0.1) is 11.9 Å². The minimum Gasteiger partial charge on any atom is -0.354 e. The van der Waals surface area contributed by atoms with Crippen LogP contribution in [0.4, 0.5) is 5.69 Å². The van der Waals surface area contributed by atoms with E-state index in [1.54, 1.807) is 12.1 Å². The number of amides is 1. The Labute approximate surface area is 151 Å². The molecule has 0 unspecified atom stereocenters. The molecule has 0 bridgehead atoms. The van der Waals surface area contributed by atoms with Crippen molar-refractivity contribution in [2.45, 2.75) is 46.0 Å². The van der Waals surface area contributed by atoms with Gasteiger partial charge in [-0.3, -0.25) is 9.10 Å². The molecule has 0 aromatic heterocycles. The van der Waals surface area contributed by atoms with Crippen LogP contribution in [-0.4, -0.2) is 33.7 Å². The molecule has 0 atom stereocenters. The number of benzene rings is 1. The fourth-order valence-electron chi connectivity index (χ4n) is 3.18. The van der Waals surface area contributed by atoms with Crippen molar-refractivity contribution < 1.29 is 13.2 Å². The summed E-state index contributed by atoms with van der Waals surface area (Å²) < 4.78 is 25.5. The highest BCUT2D eigenvalue weighted by Gasteiger charge is 2.21. The summed E-state index contributed by atoms with van der Waals surface area (Å²) in [5, 5.41) is 2.85. The summed E-state index contributed by atoms with van der Waals surface area (Å²) in [7, 11) is -3.53. The predicted molar refractivity (Wildman–Crippen MR) is 102 cm³/mol. The third-order valence-electron chi connectivity index (χ3n) is 4.34. The molecule has 0 heterocycles. The van der Waals surface area contributed by atoms with E-state index in [1.807, 2.05) is 19.9 Å². The first-order valence-corrected chi connectivity index (χ1v) is 10.6. The highest BCUT2D eigenvalue weighted by molar-refractivity contribution is 7.92. The molecule has 138 valence electrons. The number of sulfonamides is 1. The number of aryl methyl sites for hydroxylation is 2. The van der Waals surface area contributed by atoms with Crippen molar-refractivity contribution in [1.29, 1.82) is 0 Å². The highest BCUT2D eigenvalue weighted by Crippen LogP contribution is 2.21. The number of allylic oxidation sites excluding steroid dienone is 1. The van der Waals surface area contributed by atoms with Gasteiger partial charge >= 0.3 is 0 Å². The van der Waals surface area contributed by atoms with Crippen molar-refractivity contribution in [2.75, 3.05) is 23.7 Å². The minimum atomic E-state index is -3.53. The summed E-state index contributed by atoms with van der Waals surface area (Å²) >= 11 is 0. The van der Waals surface area contributed by atoms with Crippen LogP contribution in [0.25, 0.3) is 0 Å². The molecule has 0 spiro atoms. The van der Waals surface area contributed by atoms with E-state index in [-0.39, 0.29) is 12.5 Å². The first-order chi connectivity index (χ1) is 11.8. The number of carbonyl (C=O) groups is 1. The van der Waals surface area contributed by atoms with Crippen LogP contribution in [0.5, 0.6) is 0 Å². The van der Waals surface area contributed by atoms with E-state index in [9.17, 15) is 13.2 Å². The third kappa shape index (κ3) is 6.20. The molecule has 0 radical (unpaired) electrons. The minimum absolute atomic E-state index is 0.194. The molecule has 1 aliphatic carbocycles. The Hall–Kier alpha value is -1.82. The standard InChI is InChI=1S/C19H28N2O3S/c1-15-11-16(2)13-18(12-15)21(25(3,23)24)14-19(22)20-10-9-17-7-5-4-6-8-17/h7,11-13H,4-6,8-10,14H2,1-3H3,(H,20,22). The number of hydrogen-bond donors (Lipinski definition) is 1. The van der Waals surface area contributed by atoms with E-state index in [1.165, 1.54) is 22.7 Å². The Bertz CT molecular complexity index is 734.